The van der Waals surface area contributed by atoms with Gasteiger partial charge >= 0.3 is 0 Å². The van der Waals surface area contributed by atoms with E-state index in [4.69, 9.17) is 0 Å². The van der Waals surface area contributed by atoms with Gasteiger partial charge < -0.3 is 5.32 Å². The van der Waals surface area contributed by atoms with Crippen molar-refractivity contribution >= 4 is 35.0 Å². The lowest BCUT2D eigenvalue weighted by atomic mass is 10.1. The van der Waals surface area contributed by atoms with Crippen molar-refractivity contribution in [3.05, 3.63) is 11.1 Å². The number of thiol groups is 1. The summed E-state index contributed by atoms with van der Waals surface area (Å²) in [5, 5.41) is 3.53. The summed E-state index contributed by atoms with van der Waals surface area (Å²) in [6.45, 7) is 1.98. The fourth-order valence-electron chi connectivity index (χ4n) is 1.48. The molecule has 1 aliphatic rings. The summed E-state index contributed by atoms with van der Waals surface area (Å²) in [7, 11) is 0. The average molecular weight is 242 g/mol. The molecular weight excluding hydrogens is 228 g/mol. The number of carbonyl (C=O) groups is 1. The van der Waals surface area contributed by atoms with Crippen LogP contribution in [0.3, 0.4) is 0 Å². The van der Waals surface area contributed by atoms with Crippen molar-refractivity contribution in [2.24, 2.45) is 5.41 Å². The molecule has 0 bridgehead atoms. The Bertz CT molecular complexity index is 371. The molecule has 82 valence electrons. The molecule has 0 unspecified atom stereocenters. The Balaban J connectivity index is 1.87. The highest BCUT2D eigenvalue weighted by Gasteiger charge is 2.42. The van der Waals surface area contributed by atoms with Crippen molar-refractivity contribution < 1.29 is 4.79 Å². The number of nitrogens with zero attached hydrogens (tertiary/aromatic N) is 1. The highest BCUT2D eigenvalue weighted by molar-refractivity contribution is 7.80. The Labute approximate surface area is 98.7 Å². The molecule has 1 fully saturated rings. The van der Waals surface area contributed by atoms with E-state index in [0.717, 1.165) is 23.5 Å². The van der Waals surface area contributed by atoms with Crippen LogP contribution in [0, 0.1) is 12.3 Å². The summed E-state index contributed by atoms with van der Waals surface area (Å²) < 4.78 is 0. The van der Waals surface area contributed by atoms with Gasteiger partial charge in [-0.2, -0.15) is 12.6 Å². The molecule has 1 heterocycles. The molecule has 3 nitrogen and oxygen atoms in total. The minimum Gasteiger partial charge on any atom is -0.302 e. The first-order valence-electron chi connectivity index (χ1n) is 4.97. The van der Waals surface area contributed by atoms with Crippen molar-refractivity contribution in [3.63, 3.8) is 0 Å². The van der Waals surface area contributed by atoms with Crippen LogP contribution >= 0.6 is 24.0 Å². The maximum atomic E-state index is 11.7. The van der Waals surface area contributed by atoms with Crippen molar-refractivity contribution in [1.82, 2.24) is 4.98 Å². The lowest BCUT2D eigenvalue weighted by Gasteiger charge is -2.09. The lowest BCUT2D eigenvalue weighted by Crippen LogP contribution is -2.18. The number of rotatable bonds is 4. The number of hydrogen-bond acceptors (Lipinski definition) is 4. The molecule has 5 heteroatoms. The van der Waals surface area contributed by atoms with Gasteiger partial charge in [-0.15, -0.1) is 11.3 Å². The molecule has 1 aromatic rings. The fourth-order valence-corrected chi connectivity index (χ4v) is 2.59. The SMILES string of the molecule is Cc1cnc(NC(=O)CC2(CS)CC2)s1. The lowest BCUT2D eigenvalue weighted by molar-refractivity contribution is -0.117. The van der Waals surface area contributed by atoms with Gasteiger partial charge in [-0.3, -0.25) is 4.79 Å². The number of thiazole rings is 1. The van der Waals surface area contributed by atoms with E-state index in [1.165, 1.54) is 11.3 Å². The van der Waals surface area contributed by atoms with E-state index < -0.39 is 0 Å². The largest absolute Gasteiger partial charge is 0.302 e. The average Bonchev–Trinajstić information content (AvgIpc) is 2.84. The van der Waals surface area contributed by atoms with Crippen LogP contribution < -0.4 is 5.32 Å². The number of amides is 1. The standard InChI is InChI=1S/C10H14N2OS2/c1-7-5-11-9(15-7)12-8(13)4-10(6-14)2-3-10/h5,14H,2-4,6H2,1H3,(H,11,12,13). The quantitative estimate of drug-likeness (QED) is 0.797. The van der Waals surface area contributed by atoms with E-state index in [2.05, 4.69) is 22.9 Å². The van der Waals surface area contributed by atoms with Crippen molar-refractivity contribution in [3.8, 4) is 0 Å². The zero-order valence-corrected chi connectivity index (χ0v) is 10.3. The molecule has 1 aliphatic carbocycles. The Morgan fingerprint density at radius 2 is 2.47 bits per heavy atom. The van der Waals surface area contributed by atoms with Crippen molar-refractivity contribution in [2.45, 2.75) is 26.2 Å². The second-order valence-corrected chi connectivity index (χ2v) is 5.71. The maximum absolute atomic E-state index is 11.7. The van der Waals surface area contributed by atoms with E-state index in [9.17, 15) is 4.79 Å². The molecule has 1 saturated carbocycles. The monoisotopic (exact) mass is 242 g/mol. The molecule has 1 aromatic heterocycles. The summed E-state index contributed by atoms with van der Waals surface area (Å²) in [6, 6.07) is 0. The third kappa shape index (κ3) is 2.72. The zero-order valence-electron chi connectivity index (χ0n) is 8.62. The van der Waals surface area contributed by atoms with Gasteiger partial charge in [-0.05, 0) is 30.9 Å². The smallest absolute Gasteiger partial charge is 0.226 e. The minimum absolute atomic E-state index is 0.0656. The van der Waals surface area contributed by atoms with Gasteiger partial charge in [0.05, 0.1) is 0 Å². The molecule has 1 N–H and O–H groups in total. The molecule has 0 spiro atoms. The maximum Gasteiger partial charge on any atom is 0.226 e. The first-order valence-corrected chi connectivity index (χ1v) is 6.42. The predicted molar refractivity (Wildman–Crippen MR) is 65.6 cm³/mol. The molecule has 0 aromatic carbocycles. The van der Waals surface area contributed by atoms with Gasteiger partial charge in [0.1, 0.15) is 0 Å². The third-order valence-corrected chi connectivity index (χ3v) is 4.19. The molecule has 1 amide bonds. The summed E-state index contributed by atoms with van der Waals surface area (Å²) in [4.78, 5) is 16.9. The highest BCUT2D eigenvalue weighted by Crippen LogP contribution is 2.49. The molecular formula is C10H14N2OS2. The van der Waals surface area contributed by atoms with Crippen molar-refractivity contribution in [2.75, 3.05) is 11.1 Å². The number of aryl methyl sites for hydroxylation is 1. The van der Waals surface area contributed by atoms with Gasteiger partial charge in [0, 0.05) is 17.5 Å². The van der Waals surface area contributed by atoms with Gasteiger partial charge in [0.15, 0.2) is 5.13 Å². The fraction of sp³-hybridized carbons (Fsp3) is 0.600. The molecule has 0 radical (unpaired) electrons. The van der Waals surface area contributed by atoms with E-state index in [1.807, 2.05) is 6.92 Å². The zero-order chi connectivity index (χ0) is 10.9. The van der Waals surface area contributed by atoms with Gasteiger partial charge in [0.2, 0.25) is 5.91 Å². The molecule has 0 aliphatic heterocycles. The summed E-state index contributed by atoms with van der Waals surface area (Å²) in [5.74, 6) is 0.869. The Morgan fingerprint density at radius 3 is 2.93 bits per heavy atom. The van der Waals surface area contributed by atoms with Gasteiger partial charge in [-0.1, -0.05) is 0 Å². The molecule has 0 saturated heterocycles. The molecule has 2 rings (SSSR count). The number of aromatic nitrogens is 1. The predicted octanol–water partition coefficient (Wildman–Crippen LogP) is 2.49. The van der Waals surface area contributed by atoms with E-state index in [1.54, 1.807) is 6.20 Å². The van der Waals surface area contributed by atoms with Crippen LogP contribution in [0.25, 0.3) is 0 Å². The van der Waals surface area contributed by atoms with Crippen molar-refractivity contribution in [1.29, 1.82) is 0 Å². The Kier molecular flexibility index (Phi) is 3.02. The van der Waals surface area contributed by atoms with Crippen LogP contribution in [0.1, 0.15) is 24.1 Å². The number of hydrogen-bond donors (Lipinski definition) is 2. The molecule has 0 atom stereocenters. The summed E-state index contributed by atoms with van der Waals surface area (Å²) in [5.41, 5.74) is 0.180. The second kappa shape index (κ2) is 4.14. The van der Waals surface area contributed by atoms with E-state index in [0.29, 0.717) is 11.6 Å². The number of anilines is 1. The summed E-state index contributed by atoms with van der Waals surface area (Å²) >= 11 is 5.78. The van der Waals surface area contributed by atoms with Crippen LogP contribution in [0.4, 0.5) is 5.13 Å². The van der Waals surface area contributed by atoms with Gasteiger partial charge in [0.25, 0.3) is 0 Å². The van der Waals surface area contributed by atoms with Crippen LogP contribution in [0.5, 0.6) is 0 Å². The van der Waals surface area contributed by atoms with Crippen LogP contribution in [-0.4, -0.2) is 16.6 Å². The highest BCUT2D eigenvalue weighted by atomic mass is 32.1. The Morgan fingerprint density at radius 1 is 1.73 bits per heavy atom. The normalized spacial score (nSPS) is 17.5. The van der Waals surface area contributed by atoms with E-state index in [-0.39, 0.29) is 11.3 Å². The number of carbonyl (C=O) groups excluding carboxylic acids is 1. The first-order chi connectivity index (χ1) is 7.13. The van der Waals surface area contributed by atoms with Gasteiger partial charge in [-0.25, -0.2) is 4.98 Å². The summed E-state index contributed by atoms with van der Waals surface area (Å²) in [6.07, 6.45) is 4.60. The third-order valence-electron chi connectivity index (χ3n) is 2.70. The minimum atomic E-state index is 0.0656. The number of nitrogens with one attached hydrogen (secondary N) is 1. The molecule has 15 heavy (non-hydrogen) atoms. The van der Waals surface area contributed by atoms with E-state index >= 15 is 0 Å². The van der Waals surface area contributed by atoms with Crippen LogP contribution in [-0.2, 0) is 4.79 Å². The van der Waals surface area contributed by atoms with Crippen LogP contribution in [0.2, 0.25) is 0 Å². The van der Waals surface area contributed by atoms with Crippen LogP contribution in [0.15, 0.2) is 6.20 Å². The Hall–Kier alpha value is -0.550. The first kappa shape index (κ1) is 11.0. The second-order valence-electron chi connectivity index (χ2n) is 4.16. The topological polar surface area (TPSA) is 42.0 Å².